The van der Waals surface area contributed by atoms with Crippen molar-refractivity contribution in [2.24, 2.45) is 0 Å². The van der Waals surface area contributed by atoms with Crippen molar-refractivity contribution in [2.75, 3.05) is 13.2 Å². The maximum atomic E-state index is 13.1. The predicted octanol–water partition coefficient (Wildman–Crippen LogP) is 7.16. The third-order valence-electron chi connectivity index (χ3n) is 10.5. The number of unbranched alkanes of at least 4 members (excludes halogenated alkanes) is 15. The molecule has 9 unspecified atom stereocenters. The van der Waals surface area contributed by atoms with Gasteiger partial charge in [0.2, 0.25) is 5.91 Å². The van der Waals surface area contributed by atoms with Crippen molar-refractivity contribution in [3.63, 3.8) is 0 Å². The molecule has 8 N–H and O–H groups in total. The number of rotatable bonds is 36. The number of hydrogen-bond acceptors (Lipinski definition) is 10. The first-order valence-corrected chi connectivity index (χ1v) is 22.7. The van der Waals surface area contributed by atoms with E-state index in [4.69, 9.17) is 9.47 Å². The highest BCUT2D eigenvalue weighted by molar-refractivity contribution is 5.80. The second-order valence-corrected chi connectivity index (χ2v) is 15.8. The molecule has 0 bridgehead atoms. The van der Waals surface area contributed by atoms with E-state index in [2.05, 4.69) is 79.9 Å². The molecule has 0 aromatic heterocycles. The molecule has 58 heavy (non-hydrogen) atoms. The van der Waals surface area contributed by atoms with Crippen LogP contribution in [0.1, 0.15) is 162 Å². The van der Waals surface area contributed by atoms with Crippen LogP contribution in [0.4, 0.5) is 0 Å². The van der Waals surface area contributed by atoms with Gasteiger partial charge in [-0.3, -0.25) is 4.79 Å². The number of allylic oxidation sites excluding steroid dienone is 10. The van der Waals surface area contributed by atoms with Crippen LogP contribution in [0.15, 0.2) is 60.8 Å². The Morgan fingerprint density at radius 3 is 1.67 bits per heavy atom. The zero-order valence-electron chi connectivity index (χ0n) is 36.0. The number of nitrogens with one attached hydrogen (secondary N) is 1. The van der Waals surface area contributed by atoms with Gasteiger partial charge in [0.15, 0.2) is 6.29 Å². The standard InChI is InChI=1S/C47H83NO10/c1-3-5-7-9-11-13-15-17-19-20-21-23-24-26-28-30-32-34-39(50)42(52)38(37-57-47-45(55)44(54)43(53)41(36-49)58-47)48-46(56)40(51)35-33-31-29-27-25-22-18-16-14-12-10-8-6-4-2/h12-16,18,20-21,26,28,38-45,47,49-55H,3-11,17,19,22-25,27,29-37H2,1-2H3,(H,48,56)/b14-12-,15-13+,18-16-,21-20+,28-26+. The molecule has 1 saturated heterocycles. The molecular formula is C47H83NO10. The third-order valence-corrected chi connectivity index (χ3v) is 10.5. The molecule has 11 nitrogen and oxygen atoms in total. The van der Waals surface area contributed by atoms with E-state index in [1.807, 2.05) is 0 Å². The summed E-state index contributed by atoms with van der Waals surface area (Å²) in [6, 6.07) is -1.20. The molecule has 1 fully saturated rings. The Bertz CT molecular complexity index is 1120. The van der Waals surface area contributed by atoms with Crippen molar-refractivity contribution in [1.82, 2.24) is 5.32 Å². The molecule has 1 rings (SSSR count). The molecule has 0 aromatic carbocycles. The van der Waals surface area contributed by atoms with Crippen LogP contribution in [0.3, 0.4) is 0 Å². The van der Waals surface area contributed by atoms with E-state index in [1.54, 1.807) is 0 Å². The molecule has 0 radical (unpaired) electrons. The quantitative estimate of drug-likeness (QED) is 0.0183. The highest BCUT2D eigenvalue weighted by atomic mass is 16.7. The van der Waals surface area contributed by atoms with Crippen LogP contribution in [0, 0.1) is 0 Å². The minimum atomic E-state index is -1.68. The molecule has 1 aliphatic heterocycles. The maximum Gasteiger partial charge on any atom is 0.249 e. The van der Waals surface area contributed by atoms with Gasteiger partial charge in [-0.1, -0.05) is 132 Å². The predicted molar refractivity (Wildman–Crippen MR) is 233 cm³/mol. The van der Waals surface area contributed by atoms with Crippen LogP contribution in [-0.2, 0) is 14.3 Å². The molecule has 0 spiro atoms. The summed E-state index contributed by atoms with van der Waals surface area (Å²) in [5.41, 5.74) is 0. The monoisotopic (exact) mass is 822 g/mol. The largest absolute Gasteiger partial charge is 0.394 e. The fraction of sp³-hybridized carbons (Fsp3) is 0.766. The third kappa shape index (κ3) is 26.1. The lowest BCUT2D eigenvalue weighted by Gasteiger charge is -2.40. The van der Waals surface area contributed by atoms with Crippen molar-refractivity contribution in [1.29, 1.82) is 0 Å². The smallest absolute Gasteiger partial charge is 0.249 e. The molecule has 11 heteroatoms. The summed E-state index contributed by atoms with van der Waals surface area (Å²) in [6.07, 6.45) is 32.6. The number of aliphatic hydroxyl groups is 7. The molecule has 336 valence electrons. The van der Waals surface area contributed by atoms with Gasteiger partial charge >= 0.3 is 0 Å². The maximum absolute atomic E-state index is 13.1. The van der Waals surface area contributed by atoms with Gasteiger partial charge in [0.05, 0.1) is 25.4 Å². The normalized spacial score (nSPS) is 22.5. The Morgan fingerprint density at radius 2 is 1.09 bits per heavy atom. The summed E-state index contributed by atoms with van der Waals surface area (Å²) < 4.78 is 11.0. The van der Waals surface area contributed by atoms with Gasteiger partial charge in [-0.15, -0.1) is 0 Å². The Morgan fingerprint density at radius 1 is 0.603 bits per heavy atom. The van der Waals surface area contributed by atoms with Crippen molar-refractivity contribution in [3.8, 4) is 0 Å². The topological polar surface area (TPSA) is 189 Å². The lowest BCUT2D eigenvalue weighted by molar-refractivity contribution is -0.303. The average molecular weight is 822 g/mol. The van der Waals surface area contributed by atoms with Crippen LogP contribution in [0.2, 0.25) is 0 Å². The van der Waals surface area contributed by atoms with E-state index in [-0.39, 0.29) is 12.8 Å². The van der Waals surface area contributed by atoms with E-state index in [0.29, 0.717) is 19.3 Å². The first-order chi connectivity index (χ1) is 28.2. The van der Waals surface area contributed by atoms with Gasteiger partial charge in [-0.2, -0.15) is 0 Å². The lowest BCUT2D eigenvalue weighted by Crippen LogP contribution is -2.60. The number of aliphatic hydroxyl groups excluding tert-OH is 7. The number of amides is 1. The fourth-order valence-corrected chi connectivity index (χ4v) is 6.70. The molecule has 1 heterocycles. The second kappa shape index (κ2) is 36.6. The SMILES string of the molecule is CCCCC/C=C\C=C/CCCCCCCC(O)C(=O)NC(COC1OC(CO)C(O)C(O)C1O)C(O)C(O)CCC/C=C/CC/C=C/CC/C=C/CCCCCC. The van der Waals surface area contributed by atoms with E-state index in [9.17, 15) is 40.5 Å². The van der Waals surface area contributed by atoms with E-state index < -0.39 is 74.2 Å². The summed E-state index contributed by atoms with van der Waals surface area (Å²) in [5, 5.41) is 75.5. The van der Waals surface area contributed by atoms with Gasteiger partial charge in [-0.05, 0) is 89.9 Å². The molecule has 1 aliphatic rings. The Balaban J connectivity index is 2.54. The first kappa shape index (κ1) is 53.8. The average Bonchev–Trinajstić information content (AvgIpc) is 3.22. The van der Waals surface area contributed by atoms with Gasteiger partial charge in [0, 0.05) is 0 Å². The minimum absolute atomic E-state index is 0.228. The highest BCUT2D eigenvalue weighted by Crippen LogP contribution is 2.23. The van der Waals surface area contributed by atoms with E-state index >= 15 is 0 Å². The lowest BCUT2D eigenvalue weighted by atomic mass is 9.98. The molecule has 0 saturated carbocycles. The molecular weight excluding hydrogens is 739 g/mol. The number of carbonyl (C=O) groups excluding carboxylic acids is 1. The number of ether oxygens (including phenoxy) is 2. The molecule has 9 atom stereocenters. The van der Waals surface area contributed by atoms with Crippen molar-refractivity contribution in [3.05, 3.63) is 60.8 Å². The minimum Gasteiger partial charge on any atom is -0.394 e. The van der Waals surface area contributed by atoms with Crippen molar-refractivity contribution in [2.45, 2.75) is 217 Å². The van der Waals surface area contributed by atoms with Crippen molar-refractivity contribution >= 4 is 5.91 Å². The number of hydrogen-bond donors (Lipinski definition) is 8. The molecule has 0 aliphatic carbocycles. The highest BCUT2D eigenvalue weighted by Gasteiger charge is 2.44. The first-order valence-electron chi connectivity index (χ1n) is 22.7. The Kier molecular flexibility index (Phi) is 34.0. The summed E-state index contributed by atoms with van der Waals surface area (Å²) in [6.45, 7) is 3.33. The summed E-state index contributed by atoms with van der Waals surface area (Å²) in [4.78, 5) is 13.1. The van der Waals surface area contributed by atoms with Gasteiger partial charge in [-0.25, -0.2) is 0 Å². The Hall–Kier alpha value is -2.19. The van der Waals surface area contributed by atoms with Crippen LogP contribution in [0.5, 0.6) is 0 Å². The second-order valence-electron chi connectivity index (χ2n) is 15.8. The van der Waals surface area contributed by atoms with Gasteiger partial charge in [0.1, 0.15) is 36.6 Å². The van der Waals surface area contributed by atoms with Gasteiger partial charge in [0.25, 0.3) is 0 Å². The van der Waals surface area contributed by atoms with E-state index in [0.717, 1.165) is 64.2 Å². The van der Waals surface area contributed by atoms with Gasteiger partial charge < -0.3 is 50.5 Å². The summed E-state index contributed by atoms with van der Waals surface area (Å²) in [5.74, 6) is -0.729. The van der Waals surface area contributed by atoms with Crippen LogP contribution < -0.4 is 5.32 Å². The fourth-order valence-electron chi connectivity index (χ4n) is 6.70. The summed E-state index contributed by atoms with van der Waals surface area (Å²) in [7, 11) is 0. The summed E-state index contributed by atoms with van der Waals surface area (Å²) >= 11 is 0. The zero-order chi connectivity index (χ0) is 42.6. The van der Waals surface area contributed by atoms with E-state index in [1.165, 1.54) is 51.4 Å². The Labute approximate surface area is 351 Å². The zero-order valence-corrected chi connectivity index (χ0v) is 36.0. The molecule has 0 aromatic rings. The van der Waals surface area contributed by atoms with Crippen molar-refractivity contribution < 1.29 is 50.0 Å². The molecule has 1 amide bonds. The van der Waals surface area contributed by atoms with Crippen LogP contribution in [0.25, 0.3) is 0 Å². The number of carbonyl (C=O) groups is 1. The van der Waals surface area contributed by atoms with Crippen LogP contribution >= 0.6 is 0 Å². The van der Waals surface area contributed by atoms with Crippen LogP contribution in [-0.4, -0.2) is 110 Å².